The van der Waals surface area contributed by atoms with Gasteiger partial charge in [-0.25, -0.2) is 0 Å². The summed E-state index contributed by atoms with van der Waals surface area (Å²) in [4.78, 5) is 16.2. The van der Waals surface area contributed by atoms with Crippen LogP contribution in [0.3, 0.4) is 0 Å². The van der Waals surface area contributed by atoms with Gasteiger partial charge >= 0.3 is 0 Å². The zero-order chi connectivity index (χ0) is 12.0. The number of nitrogens with zero attached hydrogens (tertiary/aromatic N) is 2. The van der Waals surface area contributed by atoms with Crippen molar-refractivity contribution >= 4 is 17.7 Å². The Morgan fingerprint density at radius 3 is 2.88 bits per heavy atom. The number of hydrogen-bond acceptors (Lipinski definition) is 3. The fourth-order valence-corrected chi connectivity index (χ4v) is 2.61. The van der Waals surface area contributed by atoms with Gasteiger partial charge in [0.05, 0.1) is 6.54 Å². The van der Waals surface area contributed by atoms with Gasteiger partial charge in [0.15, 0.2) is 0 Å². The Morgan fingerprint density at radius 1 is 1.50 bits per heavy atom. The number of rotatable bonds is 5. The van der Waals surface area contributed by atoms with Crippen molar-refractivity contribution in [2.24, 2.45) is 0 Å². The fourth-order valence-electron chi connectivity index (χ4n) is 2.12. The molecule has 0 aromatic heterocycles. The normalized spacial score (nSPS) is 21.5. The number of piperidine rings is 1. The first-order valence-electron chi connectivity index (χ1n) is 6.12. The molecular formula is C12H24N2OS. The second kappa shape index (κ2) is 7.17. The zero-order valence-corrected chi connectivity index (χ0v) is 11.6. The average molecular weight is 244 g/mol. The van der Waals surface area contributed by atoms with Gasteiger partial charge in [-0.3, -0.25) is 9.69 Å². The van der Waals surface area contributed by atoms with Crippen LogP contribution < -0.4 is 0 Å². The van der Waals surface area contributed by atoms with Gasteiger partial charge in [0.1, 0.15) is 0 Å². The molecule has 0 aromatic carbocycles. The number of thioether (sulfide) groups is 1. The quantitative estimate of drug-likeness (QED) is 0.735. The van der Waals surface area contributed by atoms with E-state index in [1.54, 1.807) is 0 Å². The van der Waals surface area contributed by atoms with E-state index in [1.165, 1.54) is 19.3 Å². The molecule has 1 amide bonds. The largest absolute Gasteiger partial charge is 0.339 e. The minimum absolute atomic E-state index is 0.302. The standard InChI is InChI=1S/C12H24N2OS/c1-11-6-4-5-7-14(11)12(15)10-13(2)8-9-16-3/h11H,4-10H2,1-3H3. The van der Waals surface area contributed by atoms with Crippen LogP contribution in [0, 0.1) is 0 Å². The van der Waals surface area contributed by atoms with Crippen molar-refractivity contribution in [2.45, 2.75) is 32.2 Å². The molecule has 0 spiro atoms. The molecule has 1 aliphatic rings. The molecule has 1 unspecified atom stereocenters. The first kappa shape index (κ1) is 13.8. The van der Waals surface area contributed by atoms with Crippen molar-refractivity contribution in [3.05, 3.63) is 0 Å². The van der Waals surface area contributed by atoms with Gasteiger partial charge in [-0.15, -0.1) is 0 Å². The van der Waals surface area contributed by atoms with Crippen LogP contribution >= 0.6 is 11.8 Å². The molecule has 1 rings (SSSR count). The summed E-state index contributed by atoms with van der Waals surface area (Å²) in [6.45, 7) is 4.69. The van der Waals surface area contributed by atoms with Gasteiger partial charge < -0.3 is 4.90 Å². The molecule has 3 nitrogen and oxygen atoms in total. The lowest BCUT2D eigenvalue weighted by molar-refractivity contribution is -0.135. The predicted molar refractivity (Wildman–Crippen MR) is 70.9 cm³/mol. The molecule has 16 heavy (non-hydrogen) atoms. The summed E-state index contributed by atoms with van der Waals surface area (Å²) >= 11 is 1.83. The molecule has 1 atom stereocenters. The number of carbonyl (C=O) groups is 1. The molecule has 1 saturated heterocycles. The van der Waals surface area contributed by atoms with Gasteiger partial charge in [0.25, 0.3) is 0 Å². The molecule has 4 heteroatoms. The summed E-state index contributed by atoms with van der Waals surface area (Å²) in [6.07, 6.45) is 5.71. The highest BCUT2D eigenvalue weighted by Gasteiger charge is 2.23. The molecule has 0 N–H and O–H groups in total. The Balaban J connectivity index is 2.32. The number of carbonyl (C=O) groups excluding carboxylic acids is 1. The first-order chi connectivity index (χ1) is 7.65. The molecular weight excluding hydrogens is 220 g/mol. The van der Waals surface area contributed by atoms with E-state index in [0.717, 1.165) is 18.8 Å². The SMILES string of the molecule is CSCCN(C)CC(=O)N1CCCCC1C. The van der Waals surface area contributed by atoms with Crippen LogP contribution in [0.5, 0.6) is 0 Å². The van der Waals surface area contributed by atoms with Crippen molar-refractivity contribution < 1.29 is 4.79 Å². The fraction of sp³-hybridized carbons (Fsp3) is 0.917. The van der Waals surface area contributed by atoms with Crippen LogP contribution in [-0.4, -0.2) is 60.4 Å². The summed E-state index contributed by atoms with van der Waals surface area (Å²) < 4.78 is 0. The van der Waals surface area contributed by atoms with Crippen LogP contribution in [0.2, 0.25) is 0 Å². The van der Waals surface area contributed by atoms with Crippen molar-refractivity contribution in [1.29, 1.82) is 0 Å². The molecule has 0 radical (unpaired) electrons. The van der Waals surface area contributed by atoms with Crippen molar-refractivity contribution in [3.8, 4) is 0 Å². The lowest BCUT2D eigenvalue weighted by Gasteiger charge is -2.34. The third-order valence-electron chi connectivity index (χ3n) is 3.21. The van der Waals surface area contributed by atoms with Crippen LogP contribution in [0.4, 0.5) is 0 Å². The number of likely N-dealkylation sites (N-methyl/N-ethyl adjacent to an activating group) is 1. The summed E-state index contributed by atoms with van der Waals surface area (Å²) in [6, 6.07) is 0.440. The Labute approximate surface area is 104 Å². The van der Waals surface area contributed by atoms with E-state index in [4.69, 9.17) is 0 Å². The van der Waals surface area contributed by atoms with E-state index in [1.807, 2.05) is 18.8 Å². The number of likely N-dealkylation sites (tertiary alicyclic amines) is 1. The van der Waals surface area contributed by atoms with E-state index >= 15 is 0 Å². The molecule has 0 bridgehead atoms. The highest BCUT2D eigenvalue weighted by atomic mass is 32.2. The van der Waals surface area contributed by atoms with Gasteiger partial charge in [0, 0.05) is 24.9 Å². The van der Waals surface area contributed by atoms with E-state index in [9.17, 15) is 4.79 Å². The summed E-state index contributed by atoms with van der Waals surface area (Å²) in [5, 5.41) is 0. The van der Waals surface area contributed by atoms with Crippen molar-refractivity contribution in [3.63, 3.8) is 0 Å². The minimum Gasteiger partial charge on any atom is -0.339 e. The van der Waals surface area contributed by atoms with Crippen LogP contribution in [0.15, 0.2) is 0 Å². The Hall–Kier alpha value is -0.220. The van der Waals surface area contributed by atoms with Gasteiger partial charge in [0.2, 0.25) is 5.91 Å². The van der Waals surface area contributed by atoms with Crippen LogP contribution in [-0.2, 0) is 4.79 Å². The van der Waals surface area contributed by atoms with Gasteiger partial charge in [-0.05, 0) is 39.5 Å². The predicted octanol–water partition coefficient (Wildman–Crippen LogP) is 1.68. The van der Waals surface area contributed by atoms with Crippen LogP contribution in [0.1, 0.15) is 26.2 Å². The summed E-state index contributed by atoms with van der Waals surface area (Å²) in [5.74, 6) is 1.40. The Morgan fingerprint density at radius 2 is 2.25 bits per heavy atom. The van der Waals surface area contributed by atoms with Crippen LogP contribution in [0.25, 0.3) is 0 Å². The highest BCUT2D eigenvalue weighted by Crippen LogP contribution is 2.16. The molecule has 94 valence electrons. The monoisotopic (exact) mass is 244 g/mol. The van der Waals surface area contributed by atoms with Crippen molar-refractivity contribution in [2.75, 3.05) is 38.7 Å². The van der Waals surface area contributed by atoms with Gasteiger partial charge in [-0.2, -0.15) is 11.8 Å². The number of amides is 1. The lowest BCUT2D eigenvalue weighted by Crippen LogP contribution is -2.46. The molecule has 1 aliphatic heterocycles. The molecule has 0 aliphatic carbocycles. The molecule has 0 saturated carbocycles. The topological polar surface area (TPSA) is 23.6 Å². The molecule has 0 aromatic rings. The molecule has 1 fully saturated rings. The Kier molecular flexibility index (Phi) is 6.21. The van der Waals surface area contributed by atoms with Crippen molar-refractivity contribution in [1.82, 2.24) is 9.80 Å². The molecule has 1 heterocycles. The summed E-state index contributed by atoms with van der Waals surface area (Å²) in [7, 11) is 2.03. The Bertz CT molecular complexity index is 223. The first-order valence-corrected chi connectivity index (χ1v) is 7.51. The minimum atomic E-state index is 0.302. The van der Waals surface area contributed by atoms with Gasteiger partial charge in [-0.1, -0.05) is 0 Å². The second-order valence-electron chi connectivity index (χ2n) is 4.66. The van der Waals surface area contributed by atoms with E-state index in [2.05, 4.69) is 23.0 Å². The third kappa shape index (κ3) is 4.34. The smallest absolute Gasteiger partial charge is 0.236 e. The van der Waals surface area contributed by atoms with E-state index in [-0.39, 0.29) is 0 Å². The lowest BCUT2D eigenvalue weighted by atomic mass is 10.0. The second-order valence-corrected chi connectivity index (χ2v) is 5.65. The maximum Gasteiger partial charge on any atom is 0.236 e. The van der Waals surface area contributed by atoms with E-state index in [0.29, 0.717) is 18.5 Å². The maximum absolute atomic E-state index is 12.1. The maximum atomic E-state index is 12.1. The number of hydrogen-bond donors (Lipinski definition) is 0. The van der Waals surface area contributed by atoms with E-state index < -0.39 is 0 Å². The average Bonchev–Trinajstić information content (AvgIpc) is 2.26. The highest BCUT2D eigenvalue weighted by molar-refractivity contribution is 7.98. The third-order valence-corrected chi connectivity index (χ3v) is 3.80. The zero-order valence-electron chi connectivity index (χ0n) is 10.7. The summed E-state index contributed by atoms with van der Waals surface area (Å²) in [5.41, 5.74) is 0.